The van der Waals surface area contributed by atoms with Crippen LogP contribution >= 0.6 is 0 Å². The Kier molecular flexibility index (Phi) is 4.83. The highest BCUT2D eigenvalue weighted by atomic mass is 16.5. The topological polar surface area (TPSA) is 64.3 Å². The summed E-state index contributed by atoms with van der Waals surface area (Å²) in [6, 6.07) is 2.15. The summed E-state index contributed by atoms with van der Waals surface area (Å²) in [5, 5.41) is 3.93. The number of rotatable bonds is 5. The summed E-state index contributed by atoms with van der Waals surface area (Å²) in [7, 11) is 1.62. The lowest BCUT2D eigenvalue weighted by molar-refractivity contribution is 0.173. The standard InChI is InChI=1S/C17H22N4O2/c1-12-4-7-18-10-15(12)14-5-8-21(9-6-14)13(2)17-19-16(11-22-3)20-23-17/h4-5,7,10,13H,6,8-9,11H2,1-3H3. The molecular formula is C17H22N4O2. The van der Waals surface area contributed by atoms with E-state index in [0.717, 1.165) is 19.5 Å². The lowest BCUT2D eigenvalue weighted by Crippen LogP contribution is -2.31. The minimum absolute atomic E-state index is 0.0981. The number of nitrogens with zero attached hydrogens (tertiary/aromatic N) is 4. The van der Waals surface area contributed by atoms with Crippen LogP contribution in [0, 0.1) is 6.92 Å². The number of aryl methyl sites for hydroxylation is 1. The van der Waals surface area contributed by atoms with Gasteiger partial charge in [0.2, 0.25) is 5.89 Å². The van der Waals surface area contributed by atoms with Crippen molar-refractivity contribution in [1.29, 1.82) is 0 Å². The minimum atomic E-state index is 0.0981. The highest BCUT2D eigenvalue weighted by Crippen LogP contribution is 2.28. The zero-order valence-corrected chi connectivity index (χ0v) is 13.8. The van der Waals surface area contributed by atoms with Crippen molar-refractivity contribution in [1.82, 2.24) is 20.0 Å². The molecular weight excluding hydrogens is 292 g/mol. The van der Waals surface area contributed by atoms with Gasteiger partial charge in [0.05, 0.1) is 6.04 Å². The van der Waals surface area contributed by atoms with Gasteiger partial charge in [-0.3, -0.25) is 9.88 Å². The Labute approximate surface area is 136 Å². The molecule has 0 radical (unpaired) electrons. The molecule has 0 fully saturated rings. The van der Waals surface area contributed by atoms with Crippen molar-refractivity contribution >= 4 is 5.57 Å². The molecule has 6 heteroatoms. The maximum absolute atomic E-state index is 5.35. The summed E-state index contributed by atoms with van der Waals surface area (Å²) in [6.45, 7) is 6.43. The average Bonchev–Trinajstić information content (AvgIpc) is 3.04. The number of aromatic nitrogens is 3. The first-order valence-electron chi connectivity index (χ1n) is 7.84. The van der Waals surface area contributed by atoms with E-state index in [1.165, 1.54) is 16.7 Å². The van der Waals surface area contributed by atoms with Crippen LogP contribution in [0.3, 0.4) is 0 Å². The summed E-state index contributed by atoms with van der Waals surface area (Å²) >= 11 is 0. The third-order valence-corrected chi connectivity index (χ3v) is 4.29. The molecule has 2 aromatic heterocycles. The van der Waals surface area contributed by atoms with Crippen LogP contribution in [-0.4, -0.2) is 40.2 Å². The molecule has 3 heterocycles. The van der Waals surface area contributed by atoms with Gasteiger partial charge in [0.25, 0.3) is 0 Å². The van der Waals surface area contributed by atoms with Crippen molar-refractivity contribution in [2.75, 3.05) is 20.2 Å². The van der Waals surface area contributed by atoms with Crippen LogP contribution < -0.4 is 0 Å². The normalized spacial score (nSPS) is 17.1. The number of hydrogen-bond acceptors (Lipinski definition) is 6. The molecule has 1 aliphatic rings. The Morgan fingerprint density at radius 2 is 2.30 bits per heavy atom. The molecule has 2 aromatic rings. The molecule has 23 heavy (non-hydrogen) atoms. The van der Waals surface area contributed by atoms with Crippen LogP contribution in [0.25, 0.3) is 5.57 Å². The fourth-order valence-corrected chi connectivity index (χ4v) is 2.86. The quantitative estimate of drug-likeness (QED) is 0.845. The van der Waals surface area contributed by atoms with Crippen molar-refractivity contribution in [3.05, 3.63) is 47.4 Å². The molecule has 0 spiro atoms. The maximum atomic E-state index is 5.35. The van der Waals surface area contributed by atoms with E-state index in [4.69, 9.17) is 9.26 Å². The van der Waals surface area contributed by atoms with Gasteiger partial charge in [-0.15, -0.1) is 0 Å². The predicted molar refractivity (Wildman–Crippen MR) is 86.6 cm³/mol. The summed E-state index contributed by atoms with van der Waals surface area (Å²) in [6.07, 6.45) is 7.06. The van der Waals surface area contributed by atoms with Crippen LogP contribution in [0.2, 0.25) is 0 Å². The van der Waals surface area contributed by atoms with Crippen molar-refractivity contribution in [3.8, 4) is 0 Å². The fourth-order valence-electron chi connectivity index (χ4n) is 2.86. The Hall–Kier alpha value is -2.05. The molecule has 1 aliphatic heterocycles. The Bertz CT molecular complexity index is 695. The second kappa shape index (κ2) is 7.02. The fraction of sp³-hybridized carbons (Fsp3) is 0.471. The molecule has 0 aromatic carbocycles. The molecule has 0 N–H and O–H groups in total. The maximum Gasteiger partial charge on any atom is 0.243 e. The van der Waals surface area contributed by atoms with E-state index in [1.807, 2.05) is 12.4 Å². The molecule has 0 bridgehead atoms. The minimum Gasteiger partial charge on any atom is -0.377 e. The van der Waals surface area contributed by atoms with Crippen molar-refractivity contribution in [2.45, 2.75) is 32.9 Å². The summed E-state index contributed by atoms with van der Waals surface area (Å²) in [4.78, 5) is 11.0. The first-order valence-corrected chi connectivity index (χ1v) is 7.84. The van der Waals surface area contributed by atoms with E-state index < -0.39 is 0 Å². The summed E-state index contributed by atoms with van der Waals surface area (Å²) in [5.41, 5.74) is 3.89. The second-order valence-corrected chi connectivity index (χ2v) is 5.82. The van der Waals surface area contributed by atoms with Crippen LogP contribution in [0.1, 0.15) is 42.2 Å². The van der Waals surface area contributed by atoms with E-state index in [2.05, 4.69) is 46.0 Å². The number of ether oxygens (including phenoxy) is 1. The predicted octanol–water partition coefficient (Wildman–Crippen LogP) is 2.77. The lowest BCUT2D eigenvalue weighted by atomic mass is 9.97. The van der Waals surface area contributed by atoms with Crippen LogP contribution in [-0.2, 0) is 11.3 Å². The van der Waals surface area contributed by atoms with E-state index in [9.17, 15) is 0 Å². The number of methoxy groups -OCH3 is 1. The molecule has 0 saturated heterocycles. The average molecular weight is 314 g/mol. The molecule has 1 unspecified atom stereocenters. The monoisotopic (exact) mass is 314 g/mol. The molecule has 1 atom stereocenters. The van der Waals surface area contributed by atoms with Crippen molar-refractivity contribution in [3.63, 3.8) is 0 Å². The lowest BCUT2D eigenvalue weighted by Gasteiger charge is -2.30. The molecule has 122 valence electrons. The van der Waals surface area contributed by atoms with Crippen LogP contribution in [0.15, 0.2) is 29.1 Å². The summed E-state index contributed by atoms with van der Waals surface area (Å²) in [5.74, 6) is 1.24. The van der Waals surface area contributed by atoms with Gasteiger partial charge < -0.3 is 9.26 Å². The molecule has 0 saturated carbocycles. The van der Waals surface area contributed by atoms with Gasteiger partial charge in [0.1, 0.15) is 6.61 Å². The van der Waals surface area contributed by atoms with Gasteiger partial charge in [-0.1, -0.05) is 11.2 Å². The number of pyridine rings is 1. The summed E-state index contributed by atoms with van der Waals surface area (Å²) < 4.78 is 10.4. The van der Waals surface area contributed by atoms with Gasteiger partial charge in [-0.25, -0.2) is 0 Å². The third kappa shape index (κ3) is 3.48. The first-order chi connectivity index (χ1) is 11.2. The van der Waals surface area contributed by atoms with Gasteiger partial charge in [-0.05, 0) is 43.0 Å². The smallest absolute Gasteiger partial charge is 0.243 e. The highest BCUT2D eigenvalue weighted by molar-refractivity contribution is 5.68. The molecule has 3 rings (SSSR count). The SMILES string of the molecule is COCc1noc(C(C)N2CC=C(c3cnccc3C)CC2)n1. The van der Waals surface area contributed by atoms with E-state index in [1.54, 1.807) is 7.11 Å². The Balaban J connectivity index is 1.68. The largest absolute Gasteiger partial charge is 0.377 e. The van der Waals surface area contributed by atoms with Crippen LogP contribution in [0.4, 0.5) is 0 Å². The zero-order chi connectivity index (χ0) is 16.2. The van der Waals surface area contributed by atoms with E-state index in [-0.39, 0.29) is 6.04 Å². The van der Waals surface area contributed by atoms with Crippen molar-refractivity contribution < 1.29 is 9.26 Å². The first kappa shape index (κ1) is 15.8. The van der Waals surface area contributed by atoms with E-state index >= 15 is 0 Å². The van der Waals surface area contributed by atoms with Crippen molar-refractivity contribution in [2.24, 2.45) is 0 Å². The van der Waals surface area contributed by atoms with Crippen LogP contribution in [0.5, 0.6) is 0 Å². The van der Waals surface area contributed by atoms with Gasteiger partial charge in [0.15, 0.2) is 5.82 Å². The second-order valence-electron chi connectivity index (χ2n) is 5.82. The molecule has 0 amide bonds. The van der Waals surface area contributed by atoms with Gasteiger partial charge >= 0.3 is 0 Å². The molecule has 6 nitrogen and oxygen atoms in total. The van der Waals surface area contributed by atoms with Gasteiger partial charge in [0, 0.05) is 32.6 Å². The number of hydrogen-bond donors (Lipinski definition) is 0. The van der Waals surface area contributed by atoms with E-state index in [0.29, 0.717) is 18.3 Å². The Morgan fingerprint density at radius 1 is 1.43 bits per heavy atom. The Morgan fingerprint density at radius 3 is 3.00 bits per heavy atom. The highest BCUT2D eigenvalue weighted by Gasteiger charge is 2.24. The molecule has 0 aliphatic carbocycles. The third-order valence-electron chi connectivity index (χ3n) is 4.29. The zero-order valence-electron chi connectivity index (χ0n) is 13.8. The van der Waals surface area contributed by atoms with Gasteiger partial charge in [-0.2, -0.15) is 4.98 Å².